The van der Waals surface area contributed by atoms with Crippen LogP contribution in [-0.2, 0) is 21.8 Å². The summed E-state index contributed by atoms with van der Waals surface area (Å²) in [6, 6.07) is 6.68. The molecule has 1 N–H and O–H groups in total. The van der Waals surface area contributed by atoms with Gasteiger partial charge in [0.2, 0.25) is 0 Å². The molecule has 0 aliphatic heterocycles. The van der Waals surface area contributed by atoms with E-state index >= 15 is 0 Å². The predicted octanol–water partition coefficient (Wildman–Crippen LogP) is 9.94. The second kappa shape index (κ2) is 12.3. The van der Waals surface area contributed by atoms with E-state index in [2.05, 4.69) is 155 Å². The summed E-state index contributed by atoms with van der Waals surface area (Å²) in [7, 11) is 0. The lowest BCUT2D eigenvalue weighted by Gasteiger charge is -2.20. The molecule has 3 rings (SSSR count). The summed E-state index contributed by atoms with van der Waals surface area (Å²) in [5, 5.41) is 7.35. The van der Waals surface area contributed by atoms with Gasteiger partial charge in [0.15, 0.2) is 0 Å². The normalized spacial score (nSPS) is 12.8. The molecule has 0 aliphatic carbocycles. The minimum absolute atomic E-state index is 0.135. The Morgan fingerprint density at radius 3 is 1.51 bits per heavy atom. The molecule has 0 saturated heterocycles. The van der Waals surface area contributed by atoms with Gasteiger partial charge in [-0.25, -0.2) is 4.98 Å². The maximum atomic E-state index is 4.42. The van der Waals surface area contributed by atoms with E-state index in [9.17, 15) is 0 Å². The van der Waals surface area contributed by atoms with Gasteiger partial charge in [-0.2, -0.15) is 5.10 Å². The number of rotatable bonds is 2. The molecule has 0 spiro atoms. The average Bonchev–Trinajstić information content (AvgIpc) is 3.47. The van der Waals surface area contributed by atoms with Gasteiger partial charge in [-0.15, -0.1) is 11.3 Å². The quantitative estimate of drug-likeness (QED) is 0.360. The molecule has 0 bridgehead atoms. The standard InChI is InChI=1S/C11H20N2.C11H18S.C10H18N2/c1-10(2,3)9-7-13(8-12-9)11(4,5)6;1-8(2)9-6-7-10(12-9)11(3,4)5;1-7(2)8-6-9(12-11-8)10(3,4)5/h7-8H,1-6H3;6-8H,1-5H3;6-7H,1-5H3,(H,11,12). The summed E-state index contributed by atoms with van der Waals surface area (Å²) in [6.07, 6.45) is 4.06. The molecule has 0 unspecified atom stereocenters. The molecule has 0 aliphatic rings. The maximum Gasteiger partial charge on any atom is 0.0954 e. The first-order chi connectivity index (χ1) is 16.5. The van der Waals surface area contributed by atoms with Gasteiger partial charge in [-0.05, 0) is 56.2 Å². The zero-order valence-electron chi connectivity index (χ0n) is 26.8. The molecule has 0 amide bonds. The summed E-state index contributed by atoms with van der Waals surface area (Å²) < 4.78 is 2.16. The van der Waals surface area contributed by atoms with Crippen LogP contribution in [0, 0.1) is 0 Å². The van der Waals surface area contributed by atoms with Crippen molar-refractivity contribution < 1.29 is 0 Å². The monoisotopic (exact) mass is 528 g/mol. The minimum atomic E-state index is 0.135. The number of H-pyrrole nitrogens is 1. The first-order valence-corrected chi connectivity index (χ1v) is 14.6. The van der Waals surface area contributed by atoms with Gasteiger partial charge in [0, 0.05) is 38.0 Å². The van der Waals surface area contributed by atoms with Gasteiger partial charge < -0.3 is 4.57 Å². The topological polar surface area (TPSA) is 46.5 Å². The van der Waals surface area contributed by atoms with Gasteiger partial charge in [-0.3, -0.25) is 5.10 Å². The molecule has 0 saturated carbocycles. The van der Waals surface area contributed by atoms with Crippen LogP contribution >= 0.6 is 11.3 Å². The van der Waals surface area contributed by atoms with E-state index in [1.54, 1.807) is 0 Å². The van der Waals surface area contributed by atoms with Crippen molar-refractivity contribution in [2.45, 2.75) is 144 Å². The Hall–Kier alpha value is -1.88. The zero-order valence-corrected chi connectivity index (χ0v) is 27.6. The SMILES string of the molecule is CC(C)(C)c1cn(C(C)(C)C)cn1.CC(C)c1cc(C(C)(C)C)n[nH]1.CC(C)c1ccc(C(C)(C)C)s1. The largest absolute Gasteiger partial charge is 0.332 e. The Bertz CT molecular complexity index is 983. The second-order valence-corrected chi connectivity index (χ2v) is 15.9. The maximum absolute atomic E-state index is 4.42. The fraction of sp³-hybridized carbons (Fsp3) is 0.688. The molecular formula is C32H56N4S. The first-order valence-electron chi connectivity index (χ1n) is 13.7. The smallest absolute Gasteiger partial charge is 0.0954 e. The minimum Gasteiger partial charge on any atom is -0.332 e. The van der Waals surface area contributed by atoms with Crippen LogP contribution in [0.3, 0.4) is 0 Å². The van der Waals surface area contributed by atoms with Crippen molar-refractivity contribution in [3.8, 4) is 0 Å². The number of hydrogen-bond acceptors (Lipinski definition) is 3. The van der Waals surface area contributed by atoms with Crippen molar-refractivity contribution in [1.29, 1.82) is 0 Å². The van der Waals surface area contributed by atoms with Crippen LogP contribution in [0.5, 0.6) is 0 Å². The number of thiophene rings is 1. The highest BCUT2D eigenvalue weighted by Gasteiger charge is 2.20. The van der Waals surface area contributed by atoms with Gasteiger partial charge in [0.25, 0.3) is 0 Å². The van der Waals surface area contributed by atoms with E-state index in [1.165, 1.54) is 15.4 Å². The molecule has 0 aromatic carbocycles. The van der Waals surface area contributed by atoms with Crippen molar-refractivity contribution in [3.05, 3.63) is 57.6 Å². The molecule has 3 aromatic heterocycles. The van der Waals surface area contributed by atoms with Crippen molar-refractivity contribution in [2.75, 3.05) is 0 Å². The van der Waals surface area contributed by atoms with Crippen LogP contribution < -0.4 is 0 Å². The van der Waals surface area contributed by atoms with Crippen LogP contribution in [0.1, 0.15) is 149 Å². The van der Waals surface area contributed by atoms with Crippen molar-refractivity contribution in [1.82, 2.24) is 19.7 Å². The number of nitrogens with one attached hydrogen (secondary N) is 1. The lowest BCUT2D eigenvalue weighted by atomic mass is 9.92. The molecule has 5 heteroatoms. The van der Waals surface area contributed by atoms with E-state index in [0.29, 0.717) is 17.3 Å². The zero-order chi connectivity index (χ0) is 29.0. The van der Waals surface area contributed by atoms with Gasteiger partial charge >= 0.3 is 0 Å². The third-order valence-corrected chi connectivity index (χ3v) is 7.86. The Labute approximate surface area is 232 Å². The summed E-state index contributed by atoms with van der Waals surface area (Å²) in [6.45, 7) is 35.2. The summed E-state index contributed by atoms with van der Waals surface area (Å²) in [5.74, 6) is 1.21. The van der Waals surface area contributed by atoms with Crippen molar-refractivity contribution >= 4 is 11.3 Å². The summed E-state index contributed by atoms with van der Waals surface area (Å²) in [5.41, 5.74) is 4.28. The van der Waals surface area contributed by atoms with Gasteiger partial charge in [0.05, 0.1) is 17.7 Å². The average molecular weight is 529 g/mol. The van der Waals surface area contributed by atoms with E-state index in [1.807, 2.05) is 17.7 Å². The van der Waals surface area contributed by atoms with E-state index in [0.717, 1.165) is 11.4 Å². The van der Waals surface area contributed by atoms with Crippen LogP contribution in [0.25, 0.3) is 0 Å². The molecule has 3 aromatic rings. The van der Waals surface area contributed by atoms with E-state index < -0.39 is 0 Å². The molecule has 3 heterocycles. The van der Waals surface area contributed by atoms with E-state index in [-0.39, 0.29) is 16.4 Å². The fourth-order valence-electron chi connectivity index (χ4n) is 3.16. The first kappa shape index (κ1) is 33.1. The molecule has 37 heavy (non-hydrogen) atoms. The van der Waals surface area contributed by atoms with E-state index in [4.69, 9.17) is 0 Å². The predicted molar refractivity (Wildman–Crippen MR) is 164 cm³/mol. The van der Waals surface area contributed by atoms with Crippen LogP contribution in [-0.4, -0.2) is 19.7 Å². The number of nitrogens with zero attached hydrogens (tertiary/aromatic N) is 3. The Morgan fingerprint density at radius 1 is 0.730 bits per heavy atom. The van der Waals surface area contributed by atoms with Crippen LogP contribution in [0.15, 0.2) is 30.7 Å². The lowest BCUT2D eigenvalue weighted by Crippen LogP contribution is -2.20. The highest BCUT2D eigenvalue weighted by Crippen LogP contribution is 2.32. The molecule has 210 valence electrons. The Balaban J connectivity index is 0.000000278. The molecule has 0 atom stereocenters. The van der Waals surface area contributed by atoms with Gasteiger partial charge in [0.1, 0.15) is 0 Å². The summed E-state index contributed by atoms with van der Waals surface area (Å²) >= 11 is 1.95. The summed E-state index contributed by atoms with van der Waals surface area (Å²) in [4.78, 5) is 7.41. The second-order valence-electron chi connectivity index (χ2n) is 14.8. The highest BCUT2D eigenvalue weighted by atomic mass is 32.1. The third-order valence-electron chi connectivity index (χ3n) is 6.05. The third kappa shape index (κ3) is 10.8. The number of aromatic amines is 1. The van der Waals surface area contributed by atoms with Crippen molar-refractivity contribution in [3.63, 3.8) is 0 Å². The Morgan fingerprint density at radius 2 is 1.27 bits per heavy atom. The lowest BCUT2D eigenvalue weighted by molar-refractivity contribution is 0.395. The molecule has 0 fully saturated rings. The fourth-order valence-corrected chi connectivity index (χ4v) is 4.23. The Kier molecular flexibility index (Phi) is 11.0. The number of aromatic nitrogens is 4. The highest BCUT2D eigenvalue weighted by molar-refractivity contribution is 7.12. The molecule has 0 radical (unpaired) electrons. The van der Waals surface area contributed by atoms with Crippen LogP contribution in [0.4, 0.5) is 0 Å². The van der Waals surface area contributed by atoms with Crippen molar-refractivity contribution in [2.24, 2.45) is 0 Å². The molecule has 4 nitrogen and oxygen atoms in total. The van der Waals surface area contributed by atoms with Crippen LogP contribution in [0.2, 0.25) is 0 Å². The molecular weight excluding hydrogens is 472 g/mol. The number of hydrogen-bond donors (Lipinski definition) is 1. The van der Waals surface area contributed by atoms with Gasteiger partial charge in [-0.1, -0.05) is 90.0 Å². The number of imidazole rings is 1.